The molecule has 1 aliphatic rings. The fraction of sp³-hybridized carbons (Fsp3) is 0.417. The van der Waals surface area contributed by atoms with Crippen LogP contribution in [0.1, 0.15) is 48.7 Å². The summed E-state index contributed by atoms with van der Waals surface area (Å²) in [6, 6.07) is 13.3. The zero-order valence-corrected chi connectivity index (χ0v) is 17.9. The van der Waals surface area contributed by atoms with Crippen molar-refractivity contribution in [3.63, 3.8) is 0 Å². The Bertz CT molecular complexity index is 907. The molecule has 2 aromatic rings. The molecule has 1 heterocycles. The van der Waals surface area contributed by atoms with E-state index in [1.54, 1.807) is 39.8 Å². The van der Waals surface area contributed by atoms with Gasteiger partial charge in [0.1, 0.15) is 17.5 Å². The van der Waals surface area contributed by atoms with Crippen molar-refractivity contribution in [3.8, 4) is 0 Å². The van der Waals surface area contributed by atoms with Crippen LogP contribution in [-0.4, -0.2) is 41.1 Å². The molecule has 0 saturated carbocycles. The fourth-order valence-electron chi connectivity index (χ4n) is 3.42. The standard InChI is InChI=1S/C24H28FNO4/c1-16-10-11-18(12-20(16)25)22(27)21-13-19(29-15-17-8-6-5-7-9-17)14-26(21)23(28)30-24(2,3)4/h5-12,19,21H,13-15H2,1-4H3/t19?,21-/m0/s1. The predicted octanol–water partition coefficient (Wildman–Crippen LogP) is 4.91. The van der Waals surface area contributed by atoms with E-state index >= 15 is 0 Å². The van der Waals surface area contributed by atoms with Crippen molar-refractivity contribution >= 4 is 11.9 Å². The first-order chi connectivity index (χ1) is 14.1. The fourth-order valence-corrected chi connectivity index (χ4v) is 3.42. The molecule has 0 N–H and O–H groups in total. The molecule has 0 aliphatic carbocycles. The normalized spacial score (nSPS) is 19.0. The summed E-state index contributed by atoms with van der Waals surface area (Å²) in [6.45, 7) is 7.59. The monoisotopic (exact) mass is 413 g/mol. The van der Waals surface area contributed by atoms with Crippen molar-refractivity contribution in [3.05, 3.63) is 71.0 Å². The van der Waals surface area contributed by atoms with Crippen LogP contribution in [0.25, 0.3) is 0 Å². The van der Waals surface area contributed by atoms with E-state index in [9.17, 15) is 14.0 Å². The van der Waals surface area contributed by atoms with Crippen molar-refractivity contribution in [2.75, 3.05) is 6.54 Å². The summed E-state index contributed by atoms with van der Waals surface area (Å²) in [4.78, 5) is 27.3. The number of halogens is 1. The number of likely N-dealkylation sites (tertiary alicyclic amines) is 1. The lowest BCUT2D eigenvalue weighted by molar-refractivity contribution is 0.0149. The Hall–Kier alpha value is -2.73. The molecule has 1 fully saturated rings. The van der Waals surface area contributed by atoms with Gasteiger partial charge in [0.05, 0.1) is 19.3 Å². The smallest absolute Gasteiger partial charge is 0.411 e. The lowest BCUT2D eigenvalue weighted by Crippen LogP contribution is -2.43. The first-order valence-corrected chi connectivity index (χ1v) is 10.1. The molecular formula is C24H28FNO4. The quantitative estimate of drug-likeness (QED) is 0.654. The second-order valence-corrected chi connectivity index (χ2v) is 8.63. The van der Waals surface area contributed by atoms with Crippen LogP contribution in [0.2, 0.25) is 0 Å². The first kappa shape index (κ1) is 22.0. The number of hydrogen-bond acceptors (Lipinski definition) is 4. The lowest BCUT2D eigenvalue weighted by atomic mass is 10.0. The summed E-state index contributed by atoms with van der Waals surface area (Å²) in [7, 11) is 0. The van der Waals surface area contributed by atoms with E-state index in [1.165, 1.54) is 11.0 Å². The van der Waals surface area contributed by atoms with E-state index in [-0.39, 0.29) is 24.0 Å². The molecule has 0 bridgehead atoms. The van der Waals surface area contributed by atoms with E-state index in [0.29, 0.717) is 18.6 Å². The zero-order chi connectivity index (χ0) is 21.9. The highest BCUT2D eigenvalue weighted by Crippen LogP contribution is 2.27. The van der Waals surface area contributed by atoms with Crippen LogP contribution in [0.5, 0.6) is 0 Å². The summed E-state index contributed by atoms with van der Waals surface area (Å²) in [6.07, 6.45) is -0.554. The molecule has 5 nitrogen and oxygen atoms in total. The van der Waals surface area contributed by atoms with E-state index in [2.05, 4.69) is 0 Å². The van der Waals surface area contributed by atoms with Gasteiger partial charge in [-0.05, 0) is 44.9 Å². The topological polar surface area (TPSA) is 55.8 Å². The minimum absolute atomic E-state index is 0.236. The van der Waals surface area contributed by atoms with Crippen molar-refractivity contribution < 1.29 is 23.5 Å². The van der Waals surface area contributed by atoms with Crippen LogP contribution in [0.15, 0.2) is 48.5 Å². The van der Waals surface area contributed by atoms with Gasteiger partial charge in [0.25, 0.3) is 0 Å². The highest BCUT2D eigenvalue weighted by molar-refractivity contribution is 6.01. The minimum atomic E-state index is -0.761. The van der Waals surface area contributed by atoms with Crippen molar-refractivity contribution in [2.45, 2.75) is 58.5 Å². The molecule has 2 atom stereocenters. The largest absolute Gasteiger partial charge is 0.444 e. The number of hydrogen-bond donors (Lipinski definition) is 0. The van der Waals surface area contributed by atoms with Gasteiger partial charge < -0.3 is 9.47 Å². The summed E-state index contributed by atoms with van der Waals surface area (Å²) in [5, 5.41) is 0. The molecule has 160 valence electrons. The Morgan fingerprint density at radius 1 is 1.13 bits per heavy atom. The average molecular weight is 413 g/mol. The number of carbonyl (C=O) groups excluding carboxylic acids is 2. The number of Topliss-reactive ketones (excluding diaryl/α,β-unsaturated/α-hetero) is 1. The molecule has 1 amide bonds. The summed E-state index contributed by atoms with van der Waals surface area (Å²) in [5.41, 5.74) is 1.02. The van der Waals surface area contributed by atoms with Gasteiger partial charge in [0.2, 0.25) is 0 Å². The molecule has 0 spiro atoms. The Morgan fingerprint density at radius 3 is 2.47 bits per heavy atom. The highest BCUT2D eigenvalue weighted by Gasteiger charge is 2.42. The molecule has 1 aliphatic heterocycles. The van der Waals surface area contributed by atoms with Gasteiger partial charge in [-0.15, -0.1) is 0 Å². The minimum Gasteiger partial charge on any atom is -0.444 e. The third-order valence-electron chi connectivity index (χ3n) is 4.98. The molecule has 30 heavy (non-hydrogen) atoms. The Morgan fingerprint density at radius 2 is 1.83 bits per heavy atom. The maximum absolute atomic E-state index is 14.0. The number of rotatable bonds is 5. The molecular weight excluding hydrogens is 385 g/mol. The zero-order valence-electron chi connectivity index (χ0n) is 17.9. The molecule has 1 unspecified atom stereocenters. The molecule has 0 aromatic heterocycles. The second-order valence-electron chi connectivity index (χ2n) is 8.63. The number of aryl methyl sites for hydroxylation is 1. The van der Waals surface area contributed by atoms with Gasteiger partial charge in [-0.3, -0.25) is 9.69 Å². The number of carbonyl (C=O) groups is 2. The van der Waals surface area contributed by atoms with E-state index in [4.69, 9.17) is 9.47 Å². The van der Waals surface area contributed by atoms with E-state index in [0.717, 1.165) is 5.56 Å². The first-order valence-electron chi connectivity index (χ1n) is 10.1. The Labute approximate surface area is 176 Å². The molecule has 1 saturated heterocycles. The maximum Gasteiger partial charge on any atom is 0.411 e. The third kappa shape index (κ3) is 5.45. The van der Waals surface area contributed by atoms with Crippen LogP contribution in [-0.2, 0) is 16.1 Å². The lowest BCUT2D eigenvalue weighted by Gasteiger charge is -2.27. The van der Waals surface area contributed by atoms with Gasteiger partial charge in [-0.25, -0.2) is 9.18 Å². The summed E-state index contributed by atoms with van der Waals surface area (Å²) in [5.74, 6) is -0.759. The number of ketones is 1. The molecule has 6 heteroatoms. The number of ether oxygens (including phenoxy) is 2. The maximum atomic E-state index is 14.0. The van der Waals surface area contributed by atoms with Gasteiger partial charge in [0, 0.05) is 12.0 Å². The van der Waals surface area contributed by atoms with Crippen molar-refractivity contribution in [2.24, 2.45) is 0 Å². The van der Waals surface area contributed by atoms with Crippen LogP contribution in [0.3, 0.4) is 0 Å². The Balaban J connectivity index is 1.78. The van der Waals surface area contributed by atoms with Crippen LogP contribution in [0, 0.1) is 12.7 Å². The van der Waals surface area contributed by atoms with Crippen molar-refractivity contribution in [1.82, 2.24) is 4.90 Å². The van der Waals surface area contributed by atoms with Gasteiger partial charge in [-0.2, -0.15) is 0 Å². The van der Waals surface area contributed by atoms with Crippen LogP contribution >= 0.6 is 0 Å². The average Bonchev–Trinajstić information content (AvgIpc) is 3.12. The van der Waals surface area contributed by atoms with Crippen LogP contribution < -0.4 is 0 Å². The predicted molar refractivity (Wildman–Crippen MR) is 112 cm³/mol. The van der Waals surface area contributed by atoms with Gasteiger partial charge in [0.15, 0.2) is 5.78 Å². The number of nitrogens with zero attached hydrogens (tertiary/aromatic N) is 1. The molecule has 3 rings (SSSR count). The van der Waals surface area contributed by atoms with E-state index in [1.807, 2.05) is 30.3 Å². The Kier molecular flexibility index (Phi) is 6.56. The second kappa shape index (κ2) is 8.96. The number of amides is 1. The SMILES string of the molecule is Cc1ccc(C(=O)[C@@H]2CC(OCc3ccccc3)CN2C(=O)OC(C)(C)C)cc1F. The van der Waals surface area contributed by atoms with Gasteiger partial charge >= 0.3 is 6.09 Å². The molecule has 2 aromatic carbocycles. The van der Waals surface area contributed by atoms with Crippen LogP contribution in [0.4, 0.5) is 9.18 Å². The number of benzene rings is 2. The summed E-state index contributed by atoms with van der Waals surface area (Å²) < 4.78 is 25.5. The highest BCUT2D eigenvalue weighted by atomic mass is 19.1. The van der Waals surface area contributed by atoms with Gasteiger partial charge in [-0.1, -0.05) is 42.5 Å². The third-order valence-corrected chi connectivity index (χ3v) is 4.98. The summed E-state index contributed by atoms with van der Waals surface area (Å²) >= 11 is 0. The van der Waals surface area contributed by atoms with Crippen molar-refractivity contribution in [1.29, 1.82) is 0 Å². The van der Waals surface area contributed by atoms with E-state index < -0.39 is 23.6 Å². The molecule has 0 radical (unpaired) electrons.